The molecule has 5 rings (SSSR count). The third-order valence-corrected chi connectivity index (χ3v) is 5.90. The molecule has 136 valence electrons. The van der Waals surface area contributed by atoms with E-state index in [1.165, 1.54) is 22.6 Å². The van der Waals surface area contributed by atoms with E-state index in [4.69, 9.17) is 19.8 Å². The standard InChI is InChI=1S/C19H25N6O/c1-4-16-14-9-24(7-5-15(14)22-23(16)3)19-18-17(13-6-8-26-10-13)21-12(2)25(18)11-20-19/h11,13H,4-10H2,1-3H3/q+1. The van der Waals surface area contributed by atoms with Gasteiger partial charge in [0, 0.05) is 37.3 Å². The second-order valence-electron chi connectivity index (χ2n) is 7.41. The number of imidazole rings is 1. The van der Waals surface area contributed by atoms with E-state index in [-0.39, 0.29) is 0 Å². The van der Waals surface area contributed by atoms with Crippen LogP contribution >= 0.6 is 0 Å². The van der Waals surface area contributed by atoms with Crippen molar-refractivity contribution in [3.8, 4) is 0 Å². The van der Waals surface area contributed by atoms with Gasteiger partial charge in [0.05, 0.1) is 24.5 Å². The molecule has 0 saturated carbocycles. The highest BCUT2D eigenvalue weighted by Gasteiger charge is 2.37. The molecule has 1 atom stereocenters. The highest BCUT2D eigenvalue weighted by atomic mass is 16.5. The smallest absolute Gasteiger partial charge is 0.346 e. The minimum absolute atomic E-state index is 0.381. The maximum atomic E-state index is 5.62. The van der Waals surface area contributed by atoms with E-state index in [0.717, 1.165) is 62.9 Å². The molecule has 1 saturated heterocycles. The molecule has 3 aliphatic heterocycles. The summed E-state index contributed by atoms with van der Waals surface area (Å²) in [5.74, 6) is 2.45. The summed E-state index contributed by atoms with van der Waals surface area (Å²) in [6.07, 6.45) is 4.94. The molecular weight excluding hydrogens is 328 g/mol. The van der Waals surface area contributed by atoms with Crippen LogP contribution in [-0.4, -0.2) is 55.8 Å². The maximum Gasteiger partial charge on any atom is 0.346 e. The number of fused-ring (bicyclic) bond motifs is 2. The number of aryl methyl sites for hydroxylation is 2. The van der Waals surface area contributed by atoms with Crippen LogP contribution in [0.25, 0.3) is 0 Å². The van der Waals surface area contributed by atoms with Crippen LogP contribution in [0, 0.1) is 6.92 Å². The summed E-state index contributed by atoms with van der Waals surface area (Å²) in [6, 6.07) is 0. The Kier molecular flexibility index (Phi) is 3.60. The Hall–Kier alpha value is -2.28. The first kappa shape index (κ1) is 15.9. The Morgan fingerprint density at radius 3 is 3.04 bits per heavy atom. The minimum Gasteiger partial charge on any atom is -0.381 e. The number of ether oxygens (including phenoxy) is 1. The van der Waals surface area contributed by atoms with Crippen molar-refractivity contribution >= 4 is 12.2 Å². The van der Waals surface area contributed by atoms with E-state index in [9.17, 15) is 0 Å². The summed E-state index contributed by atoms with van der Waals surface area (Å²) in [6.45, 7) is 7.68. The molecule has 0 aromatic carbocycles. The molecule has 0 radical (unpaired) electrons. The lowest BCUT2D eigenvalue weighted by atomic mass is 10.0. The Balaban J connectivity index is 1.60. The van der Waals surface area contributed by atoms with Gasteiger partial charge in [-0.2, -0.15) is 5.10 Å². The van der Waals surface area contributed by atoms with Crippen molar-refractivity contribution < 1.29 is 9.31 Å². The third kappa shape index (κ3) is 2.23. The van der Waals surface area contributed by atoms with Gasteiger partial charge in [0.1, 0.15) is 12.4 Å². The first-order chi connectivity index (χ1) is 12.7. The molecule has 0 spiro atoms. The van der Waals surface area contributed by atoms with Gasteiger partial charge >= 0.3 is 5.84 Å². The molecule has 7 nitrogen and oxygen atoms in total. The Labute approximate surface area is 153 Å². The maximum absolute atomic E-state index is 5.62. The highest BCUT2D eigenvalue weighted by Crippen LogP contribution is 2.30. The van der Waals surface area contributed by atoms with E-state index in [1.54, 1.807) is 0 Å². The van der Waals surface area contributed by atoms with Crippen molar-refractivity contribution in [1.29, 1.82) is 0 Å². The lowest BCUT2D eigenvalue weighted by Gasteiger charge is -2.15. The topological polar surface area (TPSA) is 60.2 Å². The average Bonchev–Trinajstić information content (AvgIpc) is 3.38. The van der Waals surface area contributed by atoms with Gasteiger partial charge in [-0.3, -0.25) is 13.8 Å². The van der Waals surface area contributed by atoms with Crippen LogP contribution in [0.15, 0.2) is 4.99 Å². The number of hydrogen-bond acceptors (Lipinski definition) is 3. The predicted octanol–water partition coefficient (Wildman–Crippen LogP) is 1.40. The molecular formula is C19H25N6O+. The van der Waals surface area contributed by atoms with E-state index in [0.29, 0.717) is 5.92 Å². The van der Waals surface area contributed by atoms with Gasteiger partial charge in [0.15, 0.2) is 5.69 Å². The Morgan fingerprint density at radius 1 is 1.38 bits per heavy atom. The second-order valence-corrected chi connectivity index (χ2v) is 7.41. The number of hydrogen-bond donors (Lipinski definition) is 0. The fourth-order valence-corrected chi connectivity index (χ4v) is 4.55. The van der Waals surface area contributed by atoms with Crippen LogP contribution in [0.4, 0.5) is 0 Å². The summed E-state index contributed by atoms with van der Waals surface area (Å²) in [7, 11) is 2.05. The number of aliphatic imine (C=N–C) groups is 1. The second kappa shape index (κ2) is 5.87. The summed E-state index contributed by atoms with van der Waals surface area (Å²) >= 11 is 0. The number of amidine groups is 1. The molecule has 5 heterocycles. The van der Waals surface area contributed by atoms with Crippen molar-refractivity contribution in [1.82, 2.24) is 19.3 Å². The lowest BCUT2D eigenvalue weighted by molar-refractivity contribution is -0.547. The quantitative estimate of drug-likeness (QED) is 0.767. The molecule has 26 heavy (non-hydrogen) atoms. The van der Waals surface area contributed by atoms with Crippen molar-refractivity contribution in [2.24, 2.45) is 12.0 Å². The normalized spacial score (nSPS) is 24.3. The summed E-state index contributed by atoms with van der Waals surface area (Å²) < 4.78 is 12.2. The SMILES string of the molecule is CCc1c2c(nn1C)CC[N+](=C1N=Cn3c(C)nc(C4CCOC4)c31)C2. The lowest BCUT2D eigenvalue weighted by Crippen LogP contribution is -2.28. The van der Waals surface area contributed by atoms with E-state index in [2.05, 4.69) is 30.0 Å². The molecule has 0 aliphatic carbocycles. The van der Waals surface area contributed by atoms with Gasteiger partial charge in [-0.15, -0.1) is 0 Å². The molecule has 0 amide bonds. The molecule has 0 bridgehead atoms. The van der Waals surface area contributed by atoms with Crippen LogP contribution in [0.5, 0.6) is 0 Å². The summed E-state index contributed by atoms with van der Waals surface area (Å²) in [5.41, 5.74) is 6.28. The molecule has 1 unspecified atom stereocenters. The van der Waals surface area contributed by atoms with Gasteiger partial charge in [-0.1, -0.05) is 6.92 Å². The van der Waals surface area contributed by atoms with Gasteiger partial charge < -0.3 is 4.74 Å². The van der Waals surface area contributed by atoms with Crippen molar-refractivity contribution in [2.75, 3.05) is 19.8 Å². The van der Waals surface area contributed by atoms with Crippen molar-refractivity contribution in [3.63, 3.8) is 0 Å². The van der Waals surface area contributed by atoms with Crippen molar-refractivity contribution in [2.45, 2.75) is 45.6 Å². The van der Waals surface area contributed by atoms with Crippen molar-refractivity contribution in [3.05, 3.63) is 34.2 Å². The molecule has 0 N–H and O–H groups in total. The zero-order valence-electron chi connectivity index (χ0n) is 15.7. The van der Waals surface area contributed by atoms with Gasteiger partial charge in [0.2, 0.25) is 6.34 Å². The Bertz CT molecular complexity index is 942. The molecule has 2 aromatic heterocycles. The van der Waals surface area contributed by atoms with Crippen LogP contribution < -0.4 is 0 Å². The minimum atomic E-state index is 0.381. The van der Waals surface area contributed by atoms with Crippen LogP contribution in [-0.2, 0) is 31.2 Å². The van der Waals surface area contributed by atoms with E-state index >= 15 is 0 Å². The number of rotatable bonds is 2. The van der Waals surface area contributed by atoms with E-state index in [1.807, 2.05) is 11.0 Å². The number of aromatic nitrogens is 4. The predicted molar refractivity (Wildman–Crippen MR) is 98.3 cm³/mol. The fraction of sp³-hybridized carbons (Fsp3) is 0.579. The molecule has 3 aliphatic rings. The molecule has 7 heteroatoms. The Morgan fingerprint density at radius 2 is 2.27 bits per heavy atom. The monoisotopic (exact) mass is 353 g/mol. The van der Waals surface area contributed by atoms with Gasteiger partial charge in [-0.05, 0) is 24.8 Å². The zero-order chi connectivity index (χ0) is 17.8. The zero-order valence-corrected chi connectivity index (χ0v) is 15.7. The van der Waals surface area contributed by atoms with Crippen LogP contribution in [0.2, 0.25) is 0 Å². The average molecular weight is 353 g/mol. The molecule has 2 aromatic rings. The first-order valence-electron chi connectivity index (χ1n) is 9.54. The first-order valence-corrected chi connectivity index (χ1v) is 9.54. The number of nitrogens with zero attached hydrogens (tertiary/aromatic N) is 6. The van der Waals surface area contributed by atoms with Crippen LogP contribution in [0.1, 0.15) is 53.4 Å². The highest BCUT2D eigenvalue weighted by molar-refractivity contribution is 6.05. The van der Waals surface area contributed by atoms with Crippen LogP contribution in [0.3, 0.4) is 0 Å². The van der Waals surface area contributed by atoms with Gasteiger partial charge in [-0.25, -0.2) is 4.98 Å². The van der Waals surface area contributed by atoms with Gasteiger partial charge in [0.25, 0.3) is 0 Å². The summed E-state index contributed by atoms with van der Waals surface area (Å²) in [4.78, 5) is 9.66. The van der Waals surface area contributed by atoms with E-state index < -0.39 is 0 Å². The fourth-order valence-electron chi connectivity index (χ4n) is 4.55. The third-order valence-electron chi connectivity index (χ3n) is 5.90. The molecule has 1 fully saturated rings. The summed E-state index contributed by atoms with van der Waals surface area (Å²) in [5, 5.41) is 4.72. The largest absolute Gasteiger partial charge is 0.381 e.